The van der Waals surface area contributed by atoms with Gasteiger partial charge in [-0.15, -0.1) is 0 Å². The quantitative estimate of drug-likeness (QED) is 0.610. The monoisotopic (exact) mass is 261 g/mol. The lowest BCUT2D eigenvalue weighted by molar-refractivity contribution is 1.12. The van der Waals surface area contributed by atoms with Crippen molar-refractivity contribution in [3.05, 3.63) is 26.8 Å². The van der Waals surface area contributed by atoms with Crippen LogP contribution in [0.3, 0.4) is 0 Å². The first-order valence-electron chi connectivity index (χ1n) is 3.69. The maximum absolute atomic E-state index is 5.74. The second-order valence-corrected chi connectivity index (χ2v) is 3.82. The third-order valence-corrected chi connectivity index (χ3v) is 2.82. The van der Waals surface area contributed by atoms with Crippen LogP contribution in [0.1, 0.15) is 18.1 Å². The zero-order chi connectivity index (χ0) is 8.43. The van der Waals surface area contributed by atoms with Crippen LogP contribution in [0.5, 0.6) is 0 Å². The number of hydrogen-bond acceptors (Lipinski definition) is 1. The van der Waals surface area contributed by atoms with Gasteiger partial charge in [0.05, 0.1) is 0 Å². The Balaban J connectivity index is 3.21. The number of anilines is 1. The summed E-state index contributed by atoms with van der Waals surface area (Å²) in [5.74, 6) is 0. The van der Waals surface area contributed by atoms with E-state index in [1.54, 1.807) is 0 Å². The second-order valence-electron chi connectivity index (χ2n) is 2.65. The molecule has 60 valence electrons. The minimum atomic E-state index is 0.895. The molecule has 0 aromatic heterocycles. The Morgan fingerprint density at radius 2 is 2.09 bits per heavy atom. The molecule has 1 rings (SSSR count). The minimum absolute atomic E-state index is 0.895. The fourth-order valence-corrected chi connectivity index (χ4v) is 1.90. The van der Waals surface area contributed by atoms with Crippen molar-refractivity contribution < 1.29 is 0 Å². The molecule has 0 aliphatic heterocycles. The van der Waals surface area contributed by atoms with Crippen molar-refractivity contribution >= 4 is 28.3 Å². The summed E-state index contributed by atoms with van der Waals surface area (Å²) in [5.41, 5.74) is 9.20. The van der Waals surface area contributed by atoms with Gasteiger partial charge >= 0.3 is 0 Å². The molecule has 0 radical (unpaired) electrons. The molecule has 0 saturated carbocycles. The normalized spacial score (nSPS) is 10.1. The van der Waals surface area contributed by atoms with Gasteiger partial charge in [-0.25, -0.2) is 0 Å². The summed E-state index contributed by atoms with van der Waals surface area (Å²) in [6, 6.07) is 4.20. The number of hydrogen-bond donors (Lipinski definition) is 1. The van der Waals surface area contributed by atoms with Crippen LogP contribution < -0.4 is 5.73 Å². The van der Waals surface area contributed by atoms with Gasteiger partial charge in [0, 0.05) is 9.26 Å². The predicted molar refractivity (Wildman–Crippen MR) is 57.7 cm³/mol. The van der Waals surface area contributed by atoms with Crippen molar-refractivity contribution in [2.75, 3.05) is 5.73 Å². The van der Waals surface area contributed by atoms with E-state index in [0.29, 0.717) is 0 Å². The van der Waals surface area contributed by atoms with Crippen molar-refractivity contribution in [1.82, 2.24) is 0 Å². The number of benzene rings is 1. The largest absolute Gasteiger partial charge is 0.398 e. The Morgan fingerprint density at radius 3 is 2.64 bits per heavy atom. The molecule has 0 saturated heterocycles. The van der Waals surface area contributed by atoms with Gasteiger partial charge in [-0.1, -0.05) is 13.0 Å². The number of nitrogens with two attached hydrogens (primary N) is 1. The summed E-state index contributed by atoms with van der Waals surface area (Å²) in [7, 11) is 0. The van der Waals surface area contributed by atoms with Gasteiger partial charge in [0.15, 0.2) is 0 Å². The van der Waals surface area contributed by atoms with Crippen molar-refractivity contribution in [1.29, 1.82) is 0 Å². The van der Waals surface area contributed by atoms with Crippen LogP contribution in [-0.4, -0.2) is 0 Å². The molecule has 0 fully saturated rings. The third-order valence-electron chi connectivity index (χ3n) is 1.82. The molecule has 0 amide bonds. The topological polar surface area (TPSA) is 26.0 Å². The molecule has 0 atom stereocenters. The van der Waals surface area contributed by atoms with Crippen molar-refractivity contribution in [2.24, 2.45) is 0 Å². The van der Waals surface area contributed by atoms with Crippen LogP contribution in [0, 0.1) is 10.5 Å². The molecule has 11 heavy (non-hydrogen) atoms. The lowest BCUT2D eigenvalue weighted by Crippen LogP contribution is -1.94. The molecule has 0 aliphatic rings. The summed E-state index contributed by atoms with van der Waals surface area (Å²) >= 11 is 2.32. The van der Waals surface area contributed by atoms with E-state index >= 15 is 0 Å². The minimum Gasteiger partial charge on any atom is -0.398 e. The average molecular weight is 261 g/mol. The van der Waals surface area contributed by atoms with Crippen molar-refractivity contribution in [3.63, 3.8) is 0 Å². The maximum atomic E-state index is 5.74. The van der Waals surface area contributed by atoms with Gasteiger partial charge in [0.25, 0.3) is 0 Å². The lowest BCUT2D eigenvalue weighted by atomic mass is 10.1. The van der Waals surface area contributed by atoms with Gasteiger partial charge in [-0.3, -0.25) is 0 Å². The maximum Gasteiger partial charge on any atom is 0.0354 e. The fraction of sp³-hybridized carbons (Fsp3) is 0.333. The Hall–Kier alpha value is -0.250. The van der Waals surface area contributed by atoms with E-state index in [2.05, 4.69) is 35.6 Å². The SMILES string of the molecule is CCc1cc(C)c(N)cc1I. The van der Waals surface area contributed by atoms with E-state index in [1.165, 1.54) is 14.7 Å². The molecule has 2 heteroatoms. The van der Waals surface area contributed by atoms with Gasteiger partial charge < -0.3 is 5.73 Å². The molecule has 1 aromatic carbocycles. The van der Waals surface area contributed by atoms with Crippen LogP contribution in [0.2, 0.25) is 0 Å². The summed E-state index contributed by atoms with van der Waals surface area (Å²) in [6.07, 6.45) is 1.08. The highest BCUT2D eigenvalue weighted by molar-refractivity contribution is 14.1. The molecule has 0 spiro atoms. The number of halogens is 1. The van der Waals surface area contributed by atoms with E-state index in [4.69, 9.17) is 5.73 Å². The lowest BCUT2D eigenvalue weighted by Gasteiger charge is -2.05. The predicted octanol–water partition coefficient (Wildman–Crippen LogP) is 2.74. The van der Waals surface area contributed by atoms with Crippen LogP contribution in [0.4, 0.5) is 5.69 Å². The van der Waals surface area contributed by atoms with E-state index in [1.807, 2.05) is 13.0 Å². The highest BCUT2D eigenvalue weighted by Gasteiger charge is 2.00. The Kier molecular flexibility index (Phi) is 2.76. The highest BCUT2D eigenvalue weighted by Crippen LogP contribution is 2.20. The Morgan fingerprint density at radius 1 is 1.45 bits per heavy atom. The molecule has 1 aromatic rings. The first-order chi connectivity index (χ1) is 5.15. The second kappa shape index (κ2) is 3.43. The van der Waals surface area contributed by atoms with Gasteiger partial charge in [-0.05, 0) is 53.1 Å². The molecule has 0 heterocycles. The number of aryl methyl sites for hydroxylation is 2. The van der Waals surface area contributed by atoms with Crippen LogP contribution in [0.25, 0.3) is 0 Å². The summed E-state index contributed by atoms with van der Waals surface area (Å²) in [6.45, 7) is 4.21. The molecular weight excluding hydrogens is 249 g/mol. The smallest absolute Gasteiger partial charge is 0.0354 e. The van der Waals surface area contributed by atoms with Crippen LogP contribution in [0.15, 0.2) is 12.1 Å². The zero-order valence-electron chi connectivity index (χ0n) is 6.82. The van der Waals surface area contributed by atoms with E-state index in [-0.39, 0.29) is 0 Å². The van der Waals surface area contributed by atoms with Crippen molar-refractivity contribution in [3.8, 4) is 0 Å². The fourth-order valence-electron chi connectivity index (χ4n) is 1.03. The van der Waals surface area contributed by atoms with E-state index in [9.17, 15) is 0 Å². The average Bonchev–Trinajstić information content (AvgIpc) is 1.97. The van der Waals surface area contributed by atoms with Crippen molar-refractivity contribution in [2.45, 2.75) is 20.3 Å². The van der Waals surface area contributed by atoms with Gasteiger partial charge in [-0.2, -0.15) is 0 Å². The Bertz CT molecular complexity index is 269. The summed E-state index contributed by atoms with van der Waals surface area (Å²) in [5, 5.41) is 0. The van der Waals surface area contributed by atoms with Crippen LogP contribution in [-0.2, 0) is 6.42 Å². The standard InChI is InChI=1S/C9H12IN/c1-3-7-4-6(2)9(11)5-8(7)10/h4-5H,3,11H2,1-2H3. The summed E-state index contributed by atoms with van der Waals surface area (Å²) < 4.78 is 1.27. The molecule has 1 nitrogen and oxygen atoms in total. The third kappa shape index (κ3) is 1.86. The zero-order valence-corrected chi connectivity index (χ0v) is 8.97. The molecule has 0 bridgehead atoms. The van der Waals surface area contributed by atoms with E-state index in [0.717, 1.165) is 12.1 Å². The van der Waals surface area contributed by atoms with Crippen LogP contribution >= 0.6 is 22.6 Å². The van der Waals surface area contributed by atoms with Gasteiger partial charge in [0.1, 0.15) is 0 Å². The molecule has 2 N–H and O–H groups in total. The highest BCUT2D eigenvalue weighted by atomic mass is 127. The van der Waals surface area contributed by atoms with E-state index < -0.39 is 0 Å². The first kappa shape index (κ1) is 8.84. The van der Waals surface area contributed by atoms with Gasteiger partial charge in [0.2, 0.25) is 0 Å². The number of rotatable bonds is 1. The number of nitrogen functional groups attached to an aromatic ring is 1. The molecule has 0 aliphatic carbocycles. The first-order valence-corrected chi connectivity index (χ1v) is 4.77. The Labute approximate surface area is 81.1 Å². The molecule has 0 unspecified atom stereocenters. The summed E-state index contributed by atoms with van der Waals surface area (Å²) in [4.78, 5) is 0. The molecular formula is C9H12IN.